The fourth-order valence-electron chi connectivity index (χ4n) is 2.86. The van der Waals surface area contributed by atoms with E-state index in [-0.39, 0.29) is 17.3 Å². The summed E-state index contributed by atoms with van der Waals surface area (Å²) in [5, 5.41) is 16.9. The Balaban J connectivity index is 1.97. The molecule has 1 aromatic carbocycles. The predicted octanol–water partition coefficient (Wildman–Crippen LogP) is 0.841. The molecule has 1 fully saturated rings. The Labute approximate surface area is 134 Å². The van der Waals surface area contributed by atoms with Crippen molar-refractivity contribution in [3.63, 3.8) is 0 Å². The number of carbonyl (C=O) groups is 2. The highest BCUT2D eigenvalue weighted by atomic mass is 32.2. The average molecular weight is 340 g/mol. The molecule has 126 valence electrons. The Kier molecular flexibility index (Phi) is 5.38. The SMILES string of the molecule is NS(=O)(=O)c1ccc(CNC(=O)C2CCCCC2C(=O)O)cc1. The number of aliphatic carboxylic acids is 1. The number of carboxylic acids is 1. The van der Waals surface area contributed by atoms with Gasteiger partial charge in [0.2, 0.25) is 15.9 Å². The van der Waals surface area contributed by atoms with Gasteiger partial charge in [0.1, 0.15) is 0 Å². The average Bonchev–Trinajstić information content (AvgIpc) is 2.52. The second kappa shape index (κ2) is 7.10. The van der Waals surface area contributed by atoms with Crippen molar-refractivity contribution in [2.75, 3.05) is 0 Å². The summed E-state index contributed by atoms with van der Waals surface area (Å²) in [6, 6.07) is 5.88. The van der Waals surface area contributed by atoms with Gasteiger partial charge in [-0.15, -0.1) is 0 Å². The summed E-state index contributed by atoms with van der Waals surface area (Å²) in [6.07, 6.45) is 2.78. The Morgan fingerprint density at radius 1 is 1.13 bits per heavy atom. The van der Waals surface area contributed by atoms with Crippen molar-refractivity contribution in [3.8, 4) is 0 Å². The summed E-state index contributed by atoms with van der Waals surface area (Å²) in [5.41, 5.74) is 0.716. The van der Waals surface area contributed by atoms with Gasteiger partial charge in [-0.2, -0.15) is 0 Å². The van der Waals surface area contributed by atoms with Gasteiger partial charge in [-0.25, -0.2) is 13.6 Å². The minimum absolute atomic E-state index is 0.00537. The lowest BCUT2D eigenvalue weighted by Gasteiger charge is -2.27. The molecule has 1 saturated carbocycles. The third-order valence-corrected chi connectivity index (χ3v) is 5.07. The van der Waals surface area contributed by atoms with Crippen LogP contribution in [0.2, 0.25) is 0 Å². The van der Waals surface area contributed by atoms with E-state index in [1.807, 2.05) is 0 Å². The lowest BCUT2D eigenvalue weighted by atomic mass is 9.78. The lowest BCUT2D eigenvalue weighted by Crippen LogP contribution is -2.39. The number of hydrogen-bond acceptors (Lipinski definition) is 4. The van der Waals surface area contributed by atoms with Gasteiger partial charge < -0.3 is 10.4 Å². The fraction of sp³-hybridized carbons (Fsp3) is 0.467. The van der Waals surface area contributed by atoms with Crippen LogP contribution in [0.1, 0.15) is 31.2 Å². The molecule has 2 rings (SSSR count). The first-order valence-electron chi connectivity index (χ1n) is 7.41. The smallest absolute Gasteiger partial charge is 0.307 e. The molecule has 1 aliphatic carbocycles. The van der Waals surface area contributed by atoms with Crippen molar-refractivity contribution < 1.29 is 23.1 Å². The molecule has 2 atom stereocenters. The third-order valence-electron chi connectivity index (χ3n) is 4.14. The van der Waals surface area contributed by atoms with Crippen molar-refractivity contribution in [2.45, 2.75) is 37.1 Å². The summed E-state index contributed by atoms with van der Waals surface area (Å²) < 4.78 is 22.3. The predicted molar refractivity (Wildman–Crippen MR) is 82.7 cm³/mol. The minimum atomic E-state index is -3.74. The van der Waals surface area contributed by atoms with Crippen molar-refractivity contribution in [1.82, 2.24) is 5.32 Å². The number of benzene rings is 1. The molecular weight excluding hydrogens is 320 g/mol. The Morgan fingerprint density at radius 3 is 2.22 bits per heavy atom. The van der Waals surface area contributed by atoms with Crippen molar-refractivity contribution in [1.29, 1.82) is 0 Å². The molecule has 1 aliphatic rings. The van der Waals surface area contributed by atoms with Crippen LogP contribution in [0.25, 0.3) is 0 Å². The van der Waals surface area contributed by atoms with E-state index in [0.29, 0.717) is 18.4 Å². The molecule has 8 heteroatoms. The first-order chi connectivity index (χ1) is 10.8. The maximum atomic E-state index is 12.2. The summed E-state index contributed by atoms with van der Waals surface area (Å²) >= 11 is 0. The zero-order valence-electron chi connectivity index (χ0n) is 12.6. The quantitative estimate of drug-likeness (QED) is 0.732. The minimum Gasteiger partial charge on any atom is -0.481 e. The molecule has 0 saturated heterocycles. The summed E-state index contributed by atoms with van der Waals surface area (Å²) in [5.74, 6) is -2.34. The normalized spacial score (nSPS) is 21.6. The molecule has 1 aromatic rings. The first kappa shape index (κ1) is 17.4. The second-order valence-electron chi connectivity index (χ2n) is 5.74. The van der Waals surface area contributed by atoms with E-state index >= 15 is 0 Å². The fourth-order valence-corrected chi connectivity index (χ4v) is 3.37. The topological polar surface area (TPSA) is 127 Å². The number of nitrogens with one attached hydrogen (secondary N) is 1. The molecule has 1 amide bonds. The summed E-state index contributed by atoms with van der Waals surface area (Å²) in [4.78, 5) is 23.5. The van der Waals surface area contributed by atoms with Crippen LogP contribution in [0.15, 0.2) is 29.2 Å². The van der Waals surface area contributed by atoms with Crippen LogP contribution >= 0.6 is 0 Å². The maximum absolute atomic E-state index is 12.2. The van der Waals surface area contributed by atoms with Gasteiger partial charge in [-0.3, -0.25) is 9.59 Å². The van der Waals surface area contributed by atoms with Gasteiger partial charge in [0.25, 0.3) is 0 Å². The summed E-state index contributed by atoms with van der Waals surface area (Å²) in [6.45, 7) is 0.215. The number of carbonyl (C=O) groups excluding carboxylic acids is 1. The van der Waals surface area contributed by atoms with Gasteiger partial charge in [0.15, 0.2) is 0 Å². The zero-order valence-corrected chi connectivity index (χ0v) is 13.4. The Morgan fingerprint density at radius 2 is 1.70 bits per heavy atom. The highest BCUT2D eigenvalue weighted by molar-refractivity contribution is 7.89. The van der Waals surface area contributed by atoms with E-state index in [2.05, 4.69) is 5.32 Å². The standard InChI is InChI=1S/C15H20N2O5S/c16-23(21,22)11-7-5-10(6-8-11)9-17-14(18)12-3-1-2-4-13(12)15(19)20/h5-8,12-13H,1-4,9H2,(H,17,18)(H,19,20)(H2,16,21,22). The highest BCUT2D eigenvalue weighted by Gasteiger charge is 2.35. The second-order valence-corrected chi connectivity index (χ2v) is 7.30. The van der Waals surface area contributed by atoms with Crippen molar-refractivity contribution in [2.24, 2.45) is 17.0 Å². The zero-order chi connectivity index (χ0) is 17.0. The number of amides is 1. The van der Waals surface area contributed by atoms with Crippen LogP contribution in [0, 0.1) is 11.8 Å². The molecule has 0 aliphatic heterocycles. The number of carboxylic acid groups (broad SMARTS) is 1. The number of nitrogens with two attached hydrogens (primary N) is 1. The van der Waals surface area contributed by atoms with E-state index in [4.69, 9.17) is 5.14 Å². The van der Waals surface area contributed by atoms with E-state index in [1.54, 1.807) is 12.1 Å². The number of primary sulfonamides is 1. The largest absolute Gasteiger partial charge is 0.481 e. The molecule has 7 nitrogen and oxygen atoms in total. The van der Waals surface area contributed by atoms with Gasteiger partial charge >= 0.3 is 5.97 Å². The number of rotatable bonds is 5. The Hall–Kier alpha value is -1.93. The third kappa shape index (κ3) is 4.52. The molecule has 2 unspecified atom stereocenters. The Bertz CT molecular complexity index is 684. The van der Waals surface area contributed by atoms with Gasteiger partial charge in [-0.05, 0) is 30.5 Å². The van der Waals surface area contributed by atoms with Gasteiger partial charge in [0.05, 0.1) is 16.7 Å². The maximum Gasteiger partial charge on any atom is 0.307 e. The molecule has 0 radical (unpaired) electrons. The molecule has 0 aromatic heterocycles. The van der Waals surface area contributed by atoms with Crippen molar-refractivity contribution in [3.05, 3.63) is 29.8 Å². The molecule has 0 spiro atoms. The monoisotopic (exact) mass is 340 g/mol. The van der Waals surface area contributed by atoms with E-state index in [9.17, 15) is 23.1 Å². The van der Waals surface area contributed by atoms with Gasteiger partial charge in [0, 0.05) is 6.54 Å². The first-order valence-corrected chi connectivity index (χ1v) is 8.96. The van der Waals surface area contributed by atoms with Crippen LogP contribution < -0.4 is 10.5 Å². The number of sulfonamides is 1. The lowest BCUT2D eigenvalue weighted by molar-refractivity contribution is -0.148. The van der Waals surface area contributed by atoms with E-state index in [1.165, 1.54) is 12.1 Å². The van der Waals surface area contributed by atoms with Crippen LogP contribution in [0.5, 0.6) is 0 Å². The molecule has 23 heavy (non-hydrogen) atoms. The molecular formula is C15H20N2O5S. The van der Waals surface area contributed by atoms with Crippen molar-refractivity contribution >= 4 is 21.9 Å². The van der Waals surface area contributed by atoms with Crippen LogP contribution in [0.4, 0.5) is 0 Å². The van der Waals surface area contributed by atoms with Gasteiger partial charge in [-0.1, -0.05) is 25.0 Å². The molecule has 0 heterocycles. The summed E-state index contributed by atoms with van der Waals surface area (Å²) in [7, 11) is -3.74. The highest BCUT2D eigenvalue weighted by Crippen LogP contribution is 2.30. The molecule has 0 bridgehead atoms. The van der Waals surface area contributed by atoms with E-state index in [0.717, 1.165) is 12.8 Å². The van der Waals surface area contributed by atoms with Crippen LogP contribution in [-0.2, 0) is 26.2 Å². The van der Waals surface area contributed by atoms with Crippen LogP contribution in [-0.4, -0.2) is 25.4 Å². The number of hydrogen-bond donors (Lipinski definition) is 3. The molecule has 4 N–H and O–H groups in total. The van der Waals surface area contributed by atoms with Crippen LogP contribution in [0.3, 0.4) is 0 Å². The van der Waals surface area contributed by atoms with E-state index < -0.39 is 27.8 Å².